The van der Waals surface area contributed by atoms with Gasteiger partial charge in [0.15, 0.2) is 0 Å². The van der Waals surface area contributed by atoms with Crippen LogP contribution in [0, 0.1) is 0 Å². The van der Waals surface area contributed by atoms with E-state index in [9.17, 15) is 9.59 Å². The van der Waals surface area contributed by atoms with Crippen molar-refractivity contribution in [3.63, 3.8) is 0 Å². The number of likely N-dealkylation sites (N-methyl/N-ethyl adjacent to an activating group) is 2. The highest BCUT2D eigenvalue weighted by Crippen LogP contribution is 2.16. The highest BCUT2D eigenvalue weighted by atomic mass is 16.2. The maximum atomic E-state index is 12.5. The van der Waals surface area contributed by atoms with E-state index >= 15 is 0 Å². The Balaban J connectivity index is 2.80. The summed E-state index contributed by atoms with van der Waals surface area (Å²) in [6.07, 6.45) is 0. The van der Waals surface area contributed by atoms with Gasteiger partial charge in [0.05, 0.1) is 6.54 Å². The third-order valence-electron chi connectivity index (χ3n) is 3.62. The molecule has 0 heterocycles. The number of carbonyl (C=O) groups excluding carboxylic acids is 2. The van der Waals surface area contributed by atoms with Gasteiger partial charge in [-0.1, -0.05) is 0 Å². The van der Waals surface area contributed by atoms with Gasteiger partial charge in [-0.25, -0.2) is 0 Å². The first kappa shape index (κ1) is 18.0. The summed E-state index contributed by atoms with van der Waals surface area (Å²) < 4.78 is 0. The van der Waals surface area contributed by atoms with Crippen LogP contribution in [0.15, 0.2) is 24.3 Å². The Morgan fingerprint density at radius 3 is 2.00 bits per heavy atom. The van der Waals surface area contributed by atoms with E-state index in [2.05, 4.69) is 24.1 Å². The lowest BCUT2D eigenvalue weighted by Crippen LogP contribution is -2.40. The minimum absolute atomic E-state index is 0.0982. The zero-order chi connectivity index (χ0) is 16.5. The molecule has 5 heteroatoms. The van der Waals surface area contributed by atoms with E-state index in [1.54, 1.807) is 4.90 Å². The molecule has 122 valence electrons. The second-order valence-corrected chi connectivity index (χ2v) is 4.99. The summed E-state index contributed by atoms with van der Waals surface area (Å²) in [7, 11) is 0. The average molecular weight is 305 g/mol. The van der Waals surface area contributed by atoms with Crippen LogP contribution in [0.1, 0.15) is 38.1 Å². The first-order valence-electron chi connectivity index (χ1n) is 7.98. The molecule has 1 aromatic rings. The van der Waals surface area contributed by atoms with Crippen molar-refractivity contribution in [1.29, 1.82) is 0 Å². The largest absolute Gasteiger partial charge is 0.372 e. The van der Waals surface area contributed by atoms with Crippen molar-refractivity contribution < 1.29 is 9.59 Å². The molecule has 0 atom stereocenters. The summed E-state index contributed by atoms with van der Waals surface area (Å²) in [5.74, 6) is -0.239. The van der Waals surface area contributed by atoms with Crippen LogP contribution in [0.25, 0.3) is 0 Å². The molecule has 1 rings (SSSR count). The highest BCUT2D eigenvalue weighted by Gasteiger charge is 2.17. The van der Waals surface area contributed by atoms with Crippen LogP contribution in [-0.2, 0) is 4.79 Å². The molecular formula is C17H27N3O2. The fourth-order valence-corrected chi connectivity index (χ4v) is 2.34. The van der Waals surface area contributed by atoms with Crippen molar-refractivity contribution >= 4 is 17.5 Å². The lowest BCUT2D eigenvalue weighted by atomic mass is 10.1. The number of carbonyl (C=O) groups is 2. The third kappa shape index (κ3) is 4.76. The molecule has 0 bridgehead atoms. The molecule has 1 N–H and O–H groups in total. The van der Waals surface area contributed by atoms with E-state index in [-0.39, 0.29) is 18.4 Å². The molecule has 0 aliphatic heterocycles. The van der Waals surface area contributed by atoms with E-state index in [0.29, 0.717) is 18.7 Å². The lowest BCUT2D eigenvalue weighted by Gasteiger charge is -2.23. The molecule has 5 nitrogen and oxygen atoms in total. The average Bonchev–Trinajstić information content (AvgIpc) is 2.54. The first-order valence-corrected chi connectivity index (χ1v) is 7.98. The summed E-state index contributed by atoms with van der Waals surface area (Å²) in [4.78, 5) is 27.9. The maximum absolute atomic E-state index is 12.5. The summed E-state index contributed by atoms with van der Waals surface area (Å²) in [6, 6.07) is 7.58. The van der Waals surface area contributed by atoms with Gasteiger partial charge in [0, 0.05) is 37.4 Å². The Bertz CT molecular complexity index is 481. The van der Waals surface area contributed by atoms with E-state index in [4.69, 9.17) is 0 Å². The van der Waals surface area contributed by atoms with Crippen LogP contribution in [0.3, 0.4) is 0 Å². The van der Waals surface area contributed by atoms with E-state index in [1.807, 2.05) is 38.1 Å². The number of nitrogens with one attached hydrogen (secondary N) is 1. The SMILES string of the molecule is CCNC(=O)CN(CC)C(=O)c1ccc(N(CC)CC)cc1. The summed E-state index contributed by atoms with van der Waals surface area (Å²) in [5, 5.41) is 2.72. The van der Waals surface area contributed by atoms with Crippen LogP contribution < -0.4 is 10.2 Å². The maximum Gasteiger partial charge on any atom is 0.254 e. The van der Waals surface area contributed by atoms with Gasteiger partial charge < -0.3 is 15.1 Å². The van der Waals surface area contributed by atoms with Crippen LogP contribution >= 0.6 is 0 Å². The molecule has 0 unspecified atom stereocenters. The van der Waals surface area contributed by atoms with Crippen molar-refractivity contribution in [2.45, 2.75) is 27.7 Å². The Morgan fingerprint density at radius 2 is 1.55 bits per heavy atom. The van der Waals surface area contributed by atoms with E-state index in [1.165, 1.54) is 0 Å². The standard InChI is InChI=1S/C17H27N3O2/c1-5-18-16(21)13-20(8-4)17(22)14-9-11-15(12-10-14)19(6-2)7-3/h9-12H,5-8,13H2,1-4H3,(H,18,21). The molecular weight excluding hydrogens is 278 g/mol. The summed E-state index contributed by atoms with van der Waals surface area (Å²) in [5.41, 5.74) is 1.72. The Morgan fingerprint density at radius 1 is 0.955 bits per heavy atom. The fraction of sp³-hybridized carbons (Fsp3) is 0.529. The topological polar surface area (TPSA) is 52.7 Å². The van der Waals surface area contributed by atoms with Crippen molar-refractivity contribution in [2.24, 2.45) is 0 Å². The Hall–Kier alpha value is -2.04. The smallest absolute Gasteiger partial charge is 0.254 e. The monoisotopic (exact) mass is 305 g/mol. The Labute approximate surface area is 133 Å². The predicted octanol–water partition coefficient (Wildman–Crippen LogP) is 2.13. The molecule has 0 aromatic heterocycles. The van der Waals surface area contributed by atoms with Gasteiger partial charge in [0.1, 0.15) is 0 Å². The number of nitrogens with zero attached hydrogens (tertiary/aromatic N) is 2. The fourth-order valence-electron chi connectivity index (χ4n) is 2.34. The molecule has 0 aliphatic carbocycles. The minimum Gasteiger partial charge on any atom is -0.372 e. The molecule has 2 amide bonds. The summed E-state index contributed by atoms with van der Waals surface area (Å²) >= 11 is 0. The molecule has 1 aromatic carbocycles. The molecule has 0 aliphatic rings. The minimum atomic E-state index is -0.127. The van der Waals surface area contributed by atoms with Crippen LogP contribution in [0.4, 0.5) is 5.69 Å². The molecule has 0 saturated carbocycles. The molecule has 0 radical (unpaired) electrons. The van der Waals surface area contributed by atoms with Crippen LogP contribution in [0.5, 0.6) is 0 Å². The zero-order valence-corrected chi connectivity index (χ0v) is 14.1. The quantitative estimate of drug-likeness (QED) is 0.800. The predicted molar refractivity (Wildman–Crippen MR) is 90.3 cm³/mol. The van der Waals surface area contributed by atoms with Gasteiger partial charge in [-0.05, 0) is 52.0 Å². The van der Waals surface area contributed by atoms with E-state index < -0.39 is 0 Å². The van der Waals surface area contributed by atoms with Crippen molar-refractivity contribution in [3.8, 4) is 0 Å². The lowest BCUT2D eigenvalue weighted by molar-refractivity contribution is -0.121. The number of rotatable bonds is 8. The third-order valence-corrected chi connectivity index (χ3v) is 3.62. The summed E-state index contributed by atoms with van der Waals surface area (Å²) in [6.45, 7) is 11.0. The number of hydrogen-bond acceptors (Lipinski definition) is 3. The van der Waals surface area contributed by atoms with Crippen LogP contribution in [-0.4, -0.2) is 49.4 Å². The van der Waals surface area contributed by atoms with E-state index in [0.717, 1.165) is 18.8 Å². The second-order valence-electron chi connectivity index (χ2n) is 4.99. The first-order chi connectivity index (χ1) is 10.6. The highest BCUT2D eigenvalue weighted by molar-refractivity contribution is 5.96. The van der Waals surface area contributed by atoms with Gasteiger partial charge in [-0.3, -0.25) is 9.59 Å². The zero-order valence-electron chi connectivity index (χ0n) is 14.1. The molecule has 22 heavy (non-hydrogen) atoms. The normalized spacial score (nSPS) is 10.2. The number of benzene rings is 1. The number of amides is 2. The van der Waals surface area contributed by atoms with Gasteiger partial charge in [0.2, 0.25) is 5.91 Å². The van der Waals surface area contributed by atoms with Gasteiger partial charge in [-0.15, -0.1) is 0 Å². The van der Waals surface area contributed by atoms with Gasteiger partial charge in [-0.2, -0.15) is 0 Å². The molecule has 0 fully saturated rings. The molecule has 0 spiro atoms. The van der Waals surface area contributed by atoms with Crippen LogP contribution in [0.2, 0.25) is 0 Å². The molecule has 0 saturated heterocycles. The van der Waals surface area contributed by atoms with Crippen molar-refractivity contribution in [2.75, 3.05) is 37.6 Å². The van der Waals surface area contributed by atoms with Gasteiger partial charge >= 0.3 is 0 Å². The second kappa shape index (κ2) is 9.07. The number of hydrogen-bond donors (Lipinski definition) is 1. The van der Waals surface area contributed by atoms with Crippen molar-refractivity contribution in [3.05, 3.63) is 29.8 Å². The van der Waals surface area contributed by atoms with Crippen molar-refractivity contribution in [1.82, 2.24) is 10.2 Å². The van der Waals surface area contributed by atoms with Gasteiger partial charge in [0.25, 0.3) is 5.91 Å². The number of anilines is 1. The Kier molecular flexibility index (Phi) is 7.43.